The Hall–Kier alpha value is -2.60. The highest BCUT2D eigenvalue weighted by molar-refractivity contribution is 5.79. The lowest BCUT2D eigenvalue weighted by atomic mass is 10.1. The highest BCUT2D eigenvalue weighted by Gasteiger charge is 1.95. The molecule has 20 heavy (non-hydrogen) atoms. The van der Waals surface area contributed by atoms with E-state index in [9.17, 15) is 0 Å². The van der Waals surface area contributed by atoms with E-state index in [1.54, 1.807) is 12.1 Å². The first-order valence-corrected chi connectivity index (χ1v) is 6.48. The van der Waals surface area contributed by atoms with Crippen molar-refractivity contribution < 1.29 is 4.84 Å². The number of hydrogen-bond acceptors (Lipinski definition) is 3. The highest BCUT2D eigenvalue weighted by atomic mass is 16.6. The van der Waals surface area contributed by atoms with E-state index in [1.165, 1.54) is 5.56 Å². The molecule has 99 valence electrons. The second-order valence-corrected chi connectivity index (χ2v) is 4.34. The fourth-order valence-electron chi connectivity index (χ4n) is 1.73. The quantitative estimate of drug-likeness (QED) is 0.611. The van der Waals surface area contributed by atoms with Crippen LogP contribution in [-0.4, -0.2) is 6.21 Å². The summed E-state index contributed by atoms with van der Waals surface area (Å²) in [6, 6.07) is 17.3. The summed E-state index contributed by atoms with van der Waals surface area (Å²) in [5.41, 5.74) is 3.76. The van der Waals surface area contributed by atoms with Crippen molar-refractivity contribution in [1.29, 1.82) is 5.26 Å². The SMILES string of the molecule is CCc1cccc(/[C]=N\OCc2ccc(C#N)cc2)c1. The molecule has 0 saturated heterocycles. The molecule has 0 spiro atoms. The van der Waals surface area contributed by atoms with Crippen LogP contribution in [0.4, 0.5) is 0 Å². The molecule has 0 bridgehead atoms. The lowest BCUT2D eigenvalue weighted by Crippen LogP contribution is -1.89. The molecule has 0 aliphatic rings. The first-order chi connectivity index (χ1) is 9.81. The predicted octanol–water partition coefficient (Wildman–Crippen LogP) is 3.55. The van der Waals surface area contributed by atoms with Crippen LogP contribution in [0, 0.1) is 11.3 Å². The number of aryl methyl sites for hydroxylation is 1. The third-order valence-corrected chi connectivity index (χ3v) is 2.89. The molecule has 0 saturated carbocycles. The van der Waals surface area contributed by atoms with Crippen LogP contribution in [0.2, 0.25) is 0 Å². The smallest absolute Gasteiger partial charge is 0.142 e. The zero-order valence-electron chi connectivity index (χ0n) is 11.3. The fraction of sp³-hybridized carbons (Fsp3) is 0.176. The summed E-state index contributed by atoms with van der Waals surface area (Å²) in [6.07, 6.45) is 3.85. The van der Waals surface area contributed by atoms with Gasteiger partial charge in [0.25, 0.3) is 0 Å². The van der Waals surface area contributed by atoms with Gasteiger partial charge in [0, 0.05) is 5.56 Å². The molecule has 3 heteroatoms. The number of nitriles is 1. The summed E-state index contributed by atoms with van der Waals surface area (Å²) >= 11 is 0. The van der Waals surface area contributed by atoms with E-state index in [0.717, 1.165) is 17.5 Å². The van der Waals surface area contributed by atoms with E-state index in [4.69, 9.17) is 10.1 Å². The van der Waals surface area contributed by atoms with E-state index >= 15 is 0 Å². The average molecular weight is 263 g/mol. The molecule has 0 amide bonds. The minimum absolute atomic E-state index is 0.367. The minimum Gasteiger partial charge on any atom is -0.390 e. The first kappa shape index (κ1) is 13.8. The van der Waals surface area contributed by atoms with Gasteiger partial charge in [-0.1, -0.05) is 42.4 Å². The van der Waals surface area contributed by atoms with Crippen molar-refractivity contribution in [2.45, 2.75) is 20.0 Å². The molecule has 2 aromatic rings. The number of benzene rings is 2. The molecule has 0 aromatic heterocycles. The highest BCUT2D eigenvalue weighted by Crippen LogP contribution is 2.06. The van der Waals surface area contributed by atoms with Gasteiger partial charge in [-0.2, -0.15) is 5.26 Å². The van der Waals surface area contributed by atoms with E-state index in [0.29, 0.717) is 12.2 Å². The van der Waals surface area contributed by atoms with Crippen LogP contribution in [0.1, 0.15) is 29.2 Å². The minimum atomic E-state index is 0.367. The fourth-order valence-corrected chi connectivity index (χ4v) is 1.73. The van der Waals surface area contributed by atoms with Gasteiger partial charge in [0.2, 0.25) is 0 Å². The second kappa shape index (κ2) is 7.10. The van der Waals surface area contributed by atoms with Crippen LogP contribution >= 0.6 is 0 Å². The Morgan fingerprint density at radius 1 is 1.05 bits per heavy atom. The van der Waals surface area contributed by atoms with E-state index in [2.05, 4.69) is 30.4 Å². The van der Waals surface area contributed by atoms with Gasteiger partial charge in [0.1, 0.15) is 12.8 Å². The monoisotopic (exact) mass is 263 g/mol. The van der Waals surface area contributed by atoms with E-state index in [1.807, 2.05) is 30.3 Å². The topological polar surface area (TPSA) is 45.4 Å². The van der Waals surface area contributed by atoms with Gasteiger partial charge in [0.15, 0.2) is 0 Å². The number of hydrogen-bond donors (Lipinski definition) is 0. The summed E-state index contributed by atoms with van der Waals surface area (Å²) in [5, 5.41) is 12.5. The van der Waals surface area contributed by atoms with Crippen LogP contribution in [0.5, 0.6) is 0 Å². The number of nitrogens with zero attached hydrogens (tertiary/aromatic N) is 2. The van der Waals surface area contributed by atoms with Gasteiger partial charge >= 0.3 is 0 Å². The van der Waals surface area contributed by atoms with Gasteiger partial charge in [0.05, 0.1) is 11.6 Å². The van der Waals surface area contributed by atoms with Crippen LogP contribution < -0.4 is 0 Å². The zero-order valence-corrected chi connectivity index (χ0v) is 11.3. The van der Waals surface area contributed by atoms with Crippen molar-refractivity contribution in [3.63, 3.8) is 0 Å². The molecule has 0 atom stereocenters. The Labute approximate surface area is 119 Å². The van der Waals surface area contributed by atoms with Crippen molar-refractivity contribution in [2.75, 3.05) is 0 Å². The van der Waals surface area contributed by atoms with Gasteiger partial charge < -0.3 is 4.84 Å². The summed E-state index contributed by atoms with van der Waals surface area (Å²) in [4.78, 5) is 5.20. The maximum atomic E-state index is 8.70. The zero-order chi connectivity index (χ0) is 14.2. The molecule has 3 nitrogen and oxygen atoms in total. The molecule has 0 aliphatic carbocycles. The van der Waals surface area contributed by atoms with Crippen molar-refractivity contribution in [3.8, 4) is 6.07 Å². The van der Waals surface area contributed by atoms with Crippen LogP contribution in [0.3, 0.4) is 0 Å². The molecule has 2 aromatic carbocycles. The van der Waals surface area contributed by atoms with Crippen molar-refractivity contribution >= 4 is 6.21 Å². The molecule has 1 radical (unpaired) electrons. The Morgan fingerprint density at radius 2 is 1.85 bits per heavy atom. The lowest BCUT2D eigenvalue weighted by Gasteiger charge is -2.00. The van der Waals surface area contributed by atoms with E-state index < -0.39 is 0 Å². The van der Waals surface area contributed by atoms with Crippen LogP contribution in [-0.2, 0) is 17.9 Å². The molecular weight excluding hydrogens is 248 g/mol. The molecular formula is C17H15N2O. The molecule has 0 unspecified atom stereocenters. The van der Waals surface area contributed by atoms with E-state index in [-0.39, 0.29) is 0 Å². The average Bonchev–Trinajstić information content (AvgIpc) is 2.52. The summed E-state index contributed by atoms with van der Waals surface area (Å²) in [7, 11) is 0. The third kappa shape index (κ3) is 3.96. The molecule has 0 aliphatic heterocycles. The predicted molar refractivity (Wildman–Crippen MR) is 78.3 cm³/mol. The van der Waals surface area contributed by atoms with Gasteiger partial charge in [-0.15, -0.1) is 0 Å². The van der Waals surface area contributed by atoms with Crippen molar-refractivity contribution in [1.82, 2.24) is 0 Å². The summed E-state index contributed by atoms with van der Waals surface area (Å²) in [6.45, 7) is 2.48. The molecule has 0 heterocycles. The van der Waals surface area contributed by atoms with Gasteiger partial charge in [-0.25, -0.2) is 0 Å². The van der Waals surface area contributed by atoms with Crippen LogP contribution in [0.15, 0.2) is 53.7 Å². The Kier molecular flexibility index (Phi) is 4.91. The number of rotatable bonds is 5. The normalized spacial score (nSPS) is 10.4. The summed E-state index contributed by atoms with van der Waals surface area (Å²) in [5.74, 6) is 0. The van der Waals surface area contributed by atoms with Crippen molar-refractivity contribution in [3.05, 3.63) is 70.8 Å². The molecule has 2 rings (SSSR count). The Balaban J connectivity index is 1.88. The lowest BCUT2D eigenvalue weighted by molar-refractivity contribution is 0.132. The van der Waals surface area contributed by atoms with Gasteiger partial charge in [-0.3, -0.25) is 0 Å². The first-order valence-electron chi connectivity index (χ1n) is 6.48. The standard InChI is InChI=1S/C17H15N2O/c1-2-14-4-3-5-17(10-14)12-19-20-13-16-8-6-15(11-18)7-9-16/h3-10H,2,13H2,1H3. The maximum absolute atomic E-state index is 8.70. The maximum Gasteiger partial charge on any atom is 0.142 e. The largest absolute Gasteiger partial charge is 0.390 e. The van der Waals surface area contributed by atoms with Crippen LogP contribution in [0.25, 0.3) is 0 Å². The Morgan fingerprint density at radius 3 is 2.55 bits per heavy atom. The molecule has 0 N–H and O–H groups in total. The summed E-state index contributed by atoms with van der Waals surface area (Å²) < 4.78 is 0. The Bertz CT molecular complexity index is 624. The van der Waals surface area contributed by atoms with Crippen molar-refractivity contribution in [2.24, 2.45) is 5.16 Å². The van der Waals surface area contributed by atoms with Gasteiger partial charge in [-0.05, 0) is 35.7 Å². The third-order valence-electron chi connectivity index (χ3n) is 2.89. The second-order valence-electron chi connectivity index (χ2n) is 4.34. The molecule has 0 fully saturated rings.